The SMILES string of the molecule is C=C(C)C=N/C(=C\C)c1ccccc1. The fourth-order valence-electron chi connectivity index (χ4n) is 1.10. The first kappa shape index (κ1) is 10.5. The Morgan fingerprint density at radius 3 is 2.43 bits per heavy atom. The monoisotopic (exact) mass is 185 g/mol. The van der Waals surface area contributed by atoms with Crippen molar-refractivity contribution >= 4 is 11.9 Å². The van der Waals surface area contributed by atoms with E-state index in [1.807, 2.05) is 50.3 Å². The molecular formula is C13H15N. The van der Waals surface area contributed by atoms with Gasteiger partial charge in [-0.3, -0.25) is 4.99 Å². The number of aliphatic imine (C=N–C) groups is 1. The van der Waals surface area contributed by atoms with Crippen LogP contribution in [0.1, 0.15) is 19.4 Å². The zero-order chi connectivity index (χ0) is 10.4. The Morgan fingerprint density at radius 1 is 1.29 bits per heavy atom. The number of hydrogen-bond donors (Lipinski definition) is 0. The van der Waals surface area contributed by atoms with Crippen LogP contribution in [0.25, 0.3) is 5.70 Å². The van der Waals surface area contributed by atoms with E-state index in [4.69, 9.17) is 0 Å². The summed E-state index contributed by atoms with van der Waals surface area (Å²) in [5.41, 5.74) is 3.07. The molecule has 72 valence electrons. The molecule has 0 N–H and O–H groups in total. The van der Waals surface area contributed by atoms with Crippen LogP contribution in [0.5, 0.6) is 0 Å². The Labute approximate surface area is 85.5 Å². The van der Waals surface area contributed by atoms with Crippen LogP contribution in [0.3, 0.4) is 0 Å². The van der Waals surface area contributed by atoms with Gasteiger partial charge in [0.15, 0.2) is 0 Å². The molecule has 1 aromatic carbocycles. The van der Waals surface area contributed by atoms with Crippen molar-refractivity contribution < 1.29 is 0 Å². The second-order valence-corrected chi connectivity index (χ2v) is 3.14. The number of benzene rings is 1. The van der Waals surface area contributed by atoms with E-state index in [9.17, 15) is 0 Å². The lowest BCUT2D eigenvalue weighted by atomic mass is 10.1. The molecule has 14 heavy (non-hydrogen) atoms. The number of allylic oxidation sites excluding steroid dienone is 2. The van der Waals surface area contributed by atoms with E-state index >= 15 is 0 Å². The summed E-state index contributed by atoms with van der Waals surface area (Å²) in [7, 11) is 0. The van der Waals surface area contributed by atoms with Crippen molar-refractivity contribution in [3.63, 3.8) is 0 Å². The van der Waals surface area contributed by atoms with Gasteiger partial charge in [-0.25, -0.2) is 0 Å². The van der Waals surface area contributed by atoms with Crippen LogP contribution in [0.4, 0.5) is 0 Å². The van der Waals surface area contributed by atoms with Crippen molar-refractivity contribution in [2.75, 3.05) is 0 Å². The second-order valence-electron chi connectivity index (χ2n) is 3.14. The van der Waals surface area contributed by atoms with Gasteiger partial charge in [-0.2, -0.15) is 0 Å². The molecule has 0 bridgehead atoms. The molecule has 1 heteroatoms. The van der Waals surface area contributed by atoms with Crippen LogP contribution in [-0.4, -0.2) is 6.21 Å². The number of nitrogens with zero attached hydrogens (tertiary/aromatic N) is 1. The van der Waals surface area contributed by atoms with Gasteiger partial charge in [-0.15, -0.1) is 0 Å². The fraction of sp³-hybridized carbons (Fsp3) is 0.154. The Kier molecular flexibility index (Phi) is 3.86. The molecule has 0 aliphatic carbocycles. The Bertz CT molecular complexity index is 358. The molecule has 0 saturated heterocycles. The van der Waals surface area contributed by atoms with Crippen LogP contribution in [0.15, 0.2) is 53.6 Å². The highest BCUT2D eigenvalue weighted by Crippen LogP contribution is 2.14. The van der Waals surface area contributed by atoms with Crippen molar-refractivity contribution in [1.82, 2.24) is 0 Å². The van der Waals surface area contributed by atoms with E-state index < -0.39 is 0 Å². The molecule has 1 nitrogen and oxygen atoms in total. The summed E-state index contributed by atoms with van der Waals surface area (Å²) in [6.07, 6.45) is 3.77. The average Bonchev–Trinajstić information content (AvgIpc) is 2.20. The smallest absolute Gasteiger partial charge is 0.0659 e. The molecule has 0 fully saturated rings. The second kappa shape index (κ2) is 5.18. The van der Waals surface area contributed by atoms with Gasteiger partial charge in [-0.05, 0) is 25.0 Å². The van der Waals surface area contributed by atoms with E-state index in [-0.39, 0.29) is 0 Å². The minimum absolute atomic E-state index is 0.959. The normalized spacial score (nSPS) is 12.0. The molecule has 0 saturated carbocycles. The molecule has 0 aliphatic rings. The number of hydrogen-bond acceptors (Lipinski definition) is 1. The van der Waals surface area contributed by atoms with Crippen molar-refractivity contribution in [3.05, 3.63) is 54.1 Å². The third kappa shape index (κ3) is 3.02. The molecule has 0 aliphatic heterocycles. The minimum Gasteiger partial charge on any atom is -0.256 e. The van der Waals surface area contributed by atoms with Gasteiger partial charge in [-0.1, -0.05) is 43.0 Å². The van der Waals surface area contributed by atoms with Gasteiger partial charge in [0.1, 0.15) is 0 Å². The summed E-state index contributed by atoms with van der Waals surface area (Å²) in [4.78, 5) is 4.35. The average molecular weight is 185 g/mol. The first-order valence-electron chi connectivity index (χ1n) is 4.65. The summed E-state index contributed by atoms with van der Waals surface area (Å²) >= 11 is 0. The molecule has 0 amide bonds. The van der Waals surface area contributed by atoms with E-state index in [0.717, 1.165) is 16.8 Å². The van der Waals surface area contributed by atoms with Crippen LogP contribution < -0.4 is 0 Å². The maximum Gasteiger partial charge on any atom is 0.0659 e. The zero-order valence-corrected chi connectivity index (χ0v) is 8.70. The van der Waals surface area contributed by atoms with E-state index in [1.165, 1.54) is 0 Å². The zero-order valence-electron chi connectivity index (χ0n) is 8.70. The summed E-state index contributed by atoms with van der Waals surface area (Å²) in [6.45, 7) is 7.70. The molecule has 0 unspecified atom stereocenters. The lowest BCUT2D eigenvalue weighted by Crippen LogP contribution is -1.81. The lowest BCUT2D eigenvalue weighted by Gasteiger charge is -2.00. The van der Waals surface area contributed by atoms with Crippen molar-refractivity contribution in [2.24, 2.45) is 4.99 Å². The molecule has 1 aromatic rings. The highest BCUT2D eigenvalue weighted by Gasteiger charge is 1.94. The molecule has 0 atom stereocenters. The minimum atomic E-state index is 0.959. The Balaban J connectivity index is 2.90. The van der Waals surface area contributed by atoms with Gasteiger partial charge in [0.25, 0.3) is 0 Å². The van der Waals surface area contributed by atoms with Crippen molar-refractivity contribution in [3.8, 4) is 0 Å². The first-order valence-corrected chi connectivity index (χ1v) is 4.65. The van der Waals surface area contributed by atoms with Gasteiger partial charge in [0, 0.05) is 6.21 Å². The van der Waals surface area contributed by atoms with E-state index in [0.29, 0.717) is 0 Å². The summed E-state index contributed by atoms with van der Waals surface area (Å²) in [5.74, 6) is 0. The van der Waals surface area contributed by atoms with Crippen molar-refractivity contribution in [2.45, 2.75) is 13.8 Å². The Morgan fingerprint density at radius 2 is 1.93 bits per heavy atom. The largest absolute Gasteiger partial charge is 0.256 e. The molecule has 0 spiro atoms. The maximum atomic E-state index is 4.35. The lowest BCUT2D eigenvalue weighted by molar-refractivity contribution is 1.48. The van der Waals surface area contributed by atoms with Crippen LogP contribution >= 0.6 is 0 Å². The van der Waals surface area contributed by atoms with Crippen LogP contribution in [-0.2, 0) is 0 Å². The van der Waals surface area contributed by atoms with Gasteiger partial charge >= 0.3 is 0 Å². The number of rotatable bonds is 3. The topological polar surface area (TPSA) is 12.4 Å². The fourth-order valence-corrected chi connectivity index (χ4v) is 1.10. The Hall–Kier alpha value is -1.63. The molecule has 0 radical (unpaired) electrons. The maximum absolute atomic E-state index is 4.35. The summed E-state index contributed by atoms with van der Waals surface area (Å²) in [5, 5.41) is 0. The van der Waals surface area contributed by atoms with Crippen LogP contribution in [0, 0.1) is 0 Å². The van der Waals surface area contributed by atoms with E-state index in [2.05, 4.69) is 11.6 Å². The molecule has 0 aromatic heterocycles. The molecule has 0 heterocycles. The molecule has 1 rings (SSSR count). The first-order chi connectivity index (χ1) is 6.74. The summed E-state index contributed by atoms with van der Waals surface area (Å²) < 4.78 is 0. The molecular weight excluding hydrogens is 170 g/mol. The third-order valence-electron chi connectivity index (χ3n) is 1.77. The van der Waals surface area contributed by atoms with Crippen LogP contribution in [0.2, 0.25) is 0 Å². The van der Waals surface area contributed by atoms with E-state index in [1.54, 1.807) is 6.21 Å². The third-order valence-corrected chi connectivity index (χ3v) is 1.77. The predicted molar refractivity (Wildman–Crippen MR) is 63.4 cm³/mol. The highest BCUT2D eigenvalue weighted by atomic mass is 14.7. The van der Waals surface area contributed by atoms with Gasteiger partial charge in [0.05, 0.1) is 5.70 Å². The summed E-state index contributed by atoms with van der Waals surface area (Å²) in [6, 6.07) is 10.1. The predicted octanol–water partition coefficient (Wildman–Crippen LogP) is 3.69. The standard InChI is InChI=1S/C13H15N/c1-4-13(14-10-11(2)3)12-8-6-5-7-9-12/h4-10H,2H2,1,3H3/b13-4-,14-10?. The quantitative estimate of drug-likeness (QED) is 0.637. The van der Waals surface area contributed by atoms with Crippen molar-refractivity contribution in [1.29, 1.82) is 0 Å². The van der Waals surface area contributed by atoms with Gasteiger partial charge in [0.2, 0.25) is 0 Å². The van der Waals surface area contributed by atoms with Gasteiger partial charge < -0.3 is 0 Å². The highest BCUT2D eigenvalue weighted by molar-refractivity contribution is 5.83.